The Hall–Kier alpha value is -2.11. The van der Waals surface area contributed by atoms with Crippen LogP contribution in [0.25, 0.3) is 0 Å². The van der Waals surface area contributed by atoms with E-state index in [1.54, 1.807) is 7.05 Å². The Morgan fingerprint density at radius 3 is 2.46 bits per heavy atom. The number of para-hydroxylation sites is 1. The quantitative estimate of drug-likeness (QED) is 0.443. The normalized spacial score (nSPS) is 13.1. The average molecular weight is 401 g/mol. The fraction of sp³-hybridized carbons (Fsp3) is 0.455. The molecule has 0 aliphatic carbocycles. The van der Waals surface area contributed by atoms with Crippen LogP contribution >= 0.6 is 11.6 Å². The number of nitrogens with zero attached hydrogens (tertiary/aromatic N) is 4. The van der Waals surface area contributed by atoms with Crippen molar-refractivity contribution in [3.63, 3.8) is 0 Å². The van der Waals surface area contributed by atoms with Crippen LogP contribution in [0.1, 0.15) is 24.0 Å². The number of aryl methyl sites for hydroxylation is 2. The van der Waals surface area contributed by atoms with Crippen LogP contribution in [0.15, 0.2) is 47.8 Å². The number of anilines is 2. The molecular weight excluding hydrogens is 372 g/mol. The highest BCUT2D eigenvalue weighted by molar-refractivity contribution is 6.30. The molecular formula is C22H29ClN4O. The minimum atomic E-state index is 0.694. The minimum absolute atomic E-state index is 0.694. The van der Waals surface area contributed by atoms with Gasteiger partial charge in [0, 0.05) is 36.5 Å². The van der Waals surface area contributed by atoms with Crippen LogP contribution in [-0.2, 0) is 12.8 Å². The van der Waals surface area contributed by atoms with Gasteiger partial charge < -0.3 is 9.80 Å². The third-order valence-electron chi connectivity index (χ3n) is 5.37. The second kappa shape index (κ2) is 9.89. The SMILES string of the molecule is CN(CCCN(C)N=O)CCCN1c2ccccc2CCc2ccc(Cl)cc21. The standard InChI is InChI=1S/C22H29ClN4O/c1-25(13-5-15-26(2)24-28)14-6-16-27-21-8-4-3-7-18(21)9-10-19-11-12-20(23)17-22(19)27/h3-4,7-8,11-12,17H,5-6,9-10,13-16H2,1-2H3. The van der Waals surface area contributed by atoms with Crippen molar-refractivity contribution in [2.45, 2.75) is 25.7 Å². The molecule has 0 saturated carbocycles. The predicted octanol–water partition coefficient (Wildman–Crippen LogP) is 4.90. The molecule has 1 aliphatic heterocycles. The van der Waals surface area contributed by atoms with E-state index in [1.807, 2.05) is 6.07 Å². The first kappa shape index (κ1) is 20.6. The van der Waals surface area contributed by atoms with Gasteiger partial charge in [0.2, 0.25) is 0 Å². The summed E-state index contributed by atoms with van der Waals surface area (Å²) in [5.41, 5.74) is 5.29. The van der Waals surface area contributed by atoms with Gasteiger partial charge in [-0.1, -0.05) is 35.9 Å². The number of nitroso groups, excluding NO2 is 1. The maximum Gasteiger partial charge on any atom is 0.0521 e. The summed E-state index contributed by atoms with van der Waals surface area (Å²) in [7, 11) is 3.85. The van der Waals surface area contributed by atoms with Gasteiger partial charge in [-0.2, -0.15) is 0 Å². The van der Waals surface area contributed by atoms with Crippen LogP contribution in [0.2, 0.25) is 5.02 Å². The summed E-state index contributed by atoms with van der Waals surface area (Å²) in [4.78, 5) is 15.2. The zero-order valence-electron chi connectivity index (χ0n) is 16.8. The highest BCUT2D eigenvalue weighted by Gasteiger charge is 2.20. The van der Waals surface area contributed by atoms with E-state index < -0.39 is 0 Å². The van der Waals surface area contributed by atoms with Crippen LogP contribution < -0.4 is 4.90 Å². The first-order valence-electron chi connectivity index (χ1n) is 9.95. The Bertz CT molecular complexity index is 798. The maximum atomic E-state index is 10.4. The number of hydrogen-bond donors (Lipinski definition) is 0. The topological polar surface area (TPSA) is 39.1 Å². The van der Waals surface area contributed by atoms with Crippen molar-refractivity contribution in [2.24, 2.45) is 5.29 Å². The van der Waals surface area contributed by atoms with Gasteiger partial charge in [-0.05, 0) is 75.1 Å². The van der Waals surface area contributed by atoms with E-state index in [-0.39, 0.29) is 0 Å². The summed E-state index contributed by atoms with van der Waals surface area (Å²) >= 11 is 6.33. The zero-order chi connectivity index (χ0) is 19.9. The average Bonchev–Trinajstić information content (AvgIpc) is 2.85. The van der Waals surface area contributed by atoms with Crippen molar-refractivity contribution >= 4 is 23.0 Å². The largest absolute Gasteiger partial charge is 0.341 e. The van der Waals surface area contributed by atoms with E-state index >= 15 is 0 Å². The van der Waals surface area contributed by atoms with Crippen LogP contribution in [0.4, 0.5) is 11.4 Å². The van der Waals surface area contributed by atoms with E-state index in [9.17, 15) is 4.91 Å². The van der Waals surface area contributed by atoms with Crippen molar-refractivity contribution in [2.75, 3.05) is 45.2 Å². The number of hydrogen-bond acceptors (Lipinski definition) is 4. The Kier molecular flexibility index (Phi) is 7.29. The fourth-order valence-corrected chi connectivity index (χ4v) is 4.01. The summed E-state index contributed by atoms with van der Waals surface area (Å²) in [5.74, 6) is 0. The zero-order valence-corrected chi connectivity index (χ0v) is 17.5. The lowest BCUT2D eigenvalue weighted by molar-refractivity contribution is 0.282. The summed E-state index contributed by atoms with van der Waals surface area (Å²) in [6.45, 7) is 3.61. The molecule has 0 fully saturated rings. The fourth-order valence-electron chi connectivity index (χ4n) is 3.85. The Morgan fingerprint density at radius 2 is 1.68 bits per heavy atom. The molecule has 0 amide bonds. The van der Waals surface area contributed by atoms with Crippen LogP contribution in [0, 0.1) is 4.91 Å². The van der Waals surface area contributed by atoms with Crippen molar-refractivity contribution in [1.29, 1.82) is 0 Å². The molecule has 1 heterocycles. The molecule has 0 N–H and O–H groups in total. The molecule has 0 aromatic heterocycles. The lowest BCUT2D eigenvalue weighted by atomic mass is 10.0. The van der Waals surface area contributed by atoms with Crippen LogP contribution in [0.5, 0.6) is 0 Å². The van der Waals surface area contributed by atoms with Gasteiger partial charge in [0.15, 0.2) is 0 Å². The van der Waals surface area contributed by atoms with Gasteiger partial charge >= 0.3 is 0 Å². The Labute approximate surface area is 172 Å². The van der Waals surface area contributed by atoms with Gasteiger partial charge in [-0.3, -0.25) is 5.01 Å². The van der Waals surface area contributed by atoms with E-state index in [0.29, 0.717) is 6.54 Å². The van der Waals surface area contributed by atoms with Crippen LogP contribution in [-0.4, -0.2) is 50.2 Å². The predicted molar refractivity (Wildman–Crippen MR) is 117 cm³/mol. The third kappa shape index (κ3) is 5.24. The Balaban J connectivity index is 1.66. The van der Waals surface area contributed by atoms with Crippen molar-refractivity contribution < 1.29 is 0 Å². The van der Waals surface area contributed by atoms with Crippen molar-refractivity contribution in [3.05, 3.63) is 63.5 Å². The number of benzene rings is 2. The summed E-state index contributed by atoms with van der Waals surface area (Å²) in [6.07, 6.45) is 4.08. The number of fused-ring (bicyclic) bond motifs is 2. The smallest absolute Gasteiger partial charge is 0.0521 e. The van der Waals surface area contributed by atoms with Crippen molar-refractivity contribution in [3.8, 4) is 0 Å². The molecule has 0 bridgehead atoms. The van der Waals surface area contributed by atoms with E-state index in [1.165, 1.54) is 27.5 Å². The first-order chi connectivity index (χ1) is 13.6. The number of halogens is 1. The molecule has 0 atom stereocenters. The van der Waals surface area contributed by atoms with Crippen LogP contribution in [0.3, 0.4) is 0 Å². The summed E-state index contributed by atoms with van der Waals surface area (Å²) < 4.78 is 0. The highest BCUT2D eigenvalue weighted by Crippen LogP contribution is 2.37. The monoisotopic (exact) mass is 400 g/mol. The van der Waals surface area contributed by atoms with Gasteiger partial charge in [-0.15, -0.1) is 4.91 Å². The molecule has 6 heteroatoms. The minimum Gasteiger partial charge on any atom is -0.341 e. The van der Waals surface area contributed by atoms with E-state index in [4.69, 9.17) is 11.6 Å². The second-order valence-electron chi connectivity index (χ2n) is 7.53. The summed E-state index contributed by atoms with van der Waals surface area (Å²) in [6, 6.07) is 15.0. The van der Waals surface area contributed by atoms with Gasteiger partial charge in [0.25, 0.3) is 0 Å². The molecule has 2 aromatic rings. The highest BCUT2D eigenvalue weighted by atomic mass is 35.5. The molecule has 0 unspecified atom stereocenters. The lowest BCUT2D eigenvalue weighted by Gasteiger charge is -2.28. The molecule has 5 nitrogen and oxygen atoms in total. The van der Waals surface area contributed by atoms with E-state index in [0.717, 1.165) is 50.3 Å². The lowest BCUT2D eigenvalue weighted by Crippen LogP contribution is -2.28. The molecule has 28 heavy (non-hydrogen) atoms. The Morgan fingerprint density at radius 1 is 0.964 bits per heavy atom. The second-order valence-corrected chi connectivity index (χ2v) is 7.96. The number of rotatable bonds is 9. The molecule has 0 spiro atoms. The summed E-state index contributed by atoms with van der Waals surface area (Å²) in [5, 5.41) is 5.15. The molecule has 150 valence electrons. The molecule has 0 saturated heterocycles. The molecule has 0 radical (unpaired) electrons. The molecule has 2 aromatic carbocycles. The third-order valence-corrected chi connectivity index (χ3v) is 5.60. The van der Waals surface area contributed by atoms with Gasteiger partial charge in [0.05, 0.1) is 5.29 Å². The van der Waals surface area contributed by atoms with Gasteiger partial charge in [-0.25, -0.2) is 0 Å². The first-order valence-corrected chi connectivity index (χ1v) is 10.3. The molecule has 3 rings (SSSR count). The van der Waals surface area contributed by atoms with E-state index in [2.05, 4.69) is 58.5 Å². The molecule has 1 aliphatic rings. The maximum absolute atomic E-state index is 10.4. The van der Waals surface area contributed by atoms with Gasteiger partial charge in [0.1, 0.15) is 0 Å². The van der Waals surface area contributed by atoms with Crippen molar-refractivity contribution in [1.82, 2.24) is 9.91 Å².